The largest absolute Gasteiger partial charge is 0.394 e. The van der Waals surface area contributed by atoms with Crippen LogP contribution in [0.25, 0.3) is 0 Å². The van der Waals surface area contributed by atoms with E-state index in [1.165, 1.54) is 12.5 Å². The van der Waals surface area contributed by atoms with Gasteiger partial charge >= 0.3 is 10.2 Å². The number of hydrogen-bond donors (Lipinski definition) is 2. The molecule has 2 aliphatic rings. The van der Waals surface area contributed by atoms with Crippen molar-refractivity contribution in [2.24, 2.45) is 0 Å². The summed E-state index contributed by atoms with van der Waals surface area (Å²) in [4.78, 5) is 16.2. The topological polar surface area (TPSA) is 104 Å². The molecule has 8 nitrogen and oxygen atoms in total. The number of halogens is 5. The summed E-state index contributed by atoms with van der Waals surface area (Å²) in [5, 5.41) is 13.0. The van der Waals surface area contributed by atoms with E-state index in [0.717, 1.165) is 19.3 Å². The van der Waals surface area contributed by atoms with E-state index in [2.05, 4.69) is 25.3 Å². The van der Waals surface area contributed by atoms with Gasteiger partial charge in [0.15, 0.2) is 0 Å². The highest BCUT2D eigenvalue weighted by Gasteiger charge is 2.66. The molecule has 0 radical (unpaired) electrons. The van der Waals surface area contributed by atoms with E-state index in [1.807, 2.05) is 4.90 Å². The molecular weight excluding hydrogens is 503 g/mol. The van der Waals surface area contributed by atoms with Crippen LogP contribution in [-0.4, -0.2) is 60.7 Å². The molecule has 1 aliphatic carbocycles. The van der Waals surface area contributed by atoms with Crippen molar-refractivity contribution >= 4 is 32.8 Å². The van der Waals surface area contributed by atoms with Crippen molar-refractivity contribution in [1.29, 1.82) is 0 Å². The molecule has 1 saturated heterocycles. The van der Waals surface area contributed by atoms with Gasteiger partial charge in [-0.15, -0.1) is 0 Å². The van der Waals surface area contributed by atoms with Gasteiger partial charge < -0.3 is 15.3 Å². The monoisotopic (exact) mass is 528 g/mol. The molecule has 0 bridgehead atoms. The lowest BCUT2D eigenvalue weighted by Crippen LogP contribution is -2.48. The fraction of sp³-hybridized carbons (Fsp3) is 0.579. The van der Waals surface area contributed by atoms with E-state index < -0.39 is 31.5 Å². The Morgan fingerprint density at radius 2 is 1.74 bits per heavy atom. The van der Waals surface area contributed by atoms with Gasteiger partial charge in [-0.3, -0.25) is 4.21 Å². The third-order valence-corrected chi connectivity index (χ3v) is 8.31. The number of anilines is 2. The standard InChI is InChI=1S/C19H25F5N6O2S2/c1-33(32)15-11-27-18(28-17(15)29-19(12-31)5-2-6-19)30-7-3-13(4-8-30)16-25-9-14(10-26-16)34(20,21,22,23)24/h9-11,13,31H,2-8,12H2,1H3,(H,27,28,29). The lowest BCUT2D eigenvalue weighted by atomic mass is 9.77. The Labute approximate surface area is 195 Å². The van der Waals surface area contributed by atoms with Gasteiger partial charge in [0.05, 0.1) is 46.4 Å². The predicted octanol–water partition coefficient (Wildman–Crippen LogP) is 4.37. The first kappa shape index (κ1) is 25.0. The molecule has 2 N–H and O–H groups in total. The van der Waals surface area contributed by atoms with Crippen LogP contribution in [0, 0.1) is 0 Å². The van der Waals surface area contributed by atoms with Crippen molar-refractivity contribution < 1.29 is 28.7 Å². The number of nitrogens with zero attached hydrogens (tertiary/aromatic N) is 5. The van der Waals surface area contributed by atoms with Gasteiger partial charge in [-0.25, -0.2) is 15.0 Å². The zero-order chi connectivity index (χ0) is 24.8. The van der Waals surface area contributed by atoms with E-state index >= 15 is 0 Å². The second kappa shape index (κ2) is 7.95. The van der Waals surface area contributed by atoms with E-state index in [1.54, 1.807) is 0 Å². The third kappa shape index (κ3) is 5.25. The number of nitrogens with one attached hydrogen (secondary N) is 1. The zero-order valence-corrected chi connectivity index (χ0v) is 19.9. The SMILES string of the molecule is CS(=O)c1cnc(N2CCC(c3ncc(S(F)(F)(F)(F)F)cn3)CC2)nc1NC1(CO)CCC1. The number of hydrogen-bond acceptors (Lipinski definition) is 8. The molecular formula is C19H25F5N6O2S2. The summed E-state index contributed by atoms with van der Waals surface area (Å²) in [6, 6.07) is 0. The van der Waals surface area contributed by atoms with Crippen LogP contribution in [0.3, 0.4) is 0 Å². The Bertz CT molecular complexity index is 1090. The molecule has 2 aromatic rings. The first-order valence-corrected chi connectivity index (χ1v) is 14.1. The average Bonchev–Trinajstić information content (AvgIpc) is 2.75. The lowest BCUT2D eigenvalue weighted by molar-refractivity contribution is 0.143. The van der Waals surface area contributed by atoms with Crippen molar-refractivity contribution in [3.05, 3.63) is 24.4 Å². The van der Waals surface area contributed by atoms with Crippen LogP contribution in [0.5, 0.6) is 0 Å². The van der Waals surface area contributed by atoms with Crippen LogP contribution in [-0.2, 0) is 10.8 Å². The minimum absolute atomic E-state index is 0.0751. The lowest BCUT2D eigenvalue weighted by Gasteiger charge is -2.41. The molecule has 190 valence electrons. The predicted molar refractivity (Wildman–Crippen MR) is 119 cm³/mol. The molecule has 0 spiro atoms. The van der Waals surface area contributed by atoms with Crippen molar-refractivity contribution in [1.82, 2.24) is 19.9 Å². The van der Waals surface area contributed by atoms with Gasteiger partial charge in [0.2, 0.25) is 5.95 Å². The Balaban J connectivity index is 1.47. The fourth-order valence-electron chi connectivity index (χ4n) is 4.06. The number of aliphatic hydroxyl groups is 1. The van der Waals surface area contributed by atoms with Crippen molar-refractivity contribution in [2.45, 2.75) is 53.4 Å². The molecule has 0 aromatic carbocycles. The molecule has 4 rings (SSSR count). The molecule has 2 aromatic heterocycles. The highest BCUT2D eigenvalue weighted by Crippen LogP contribution is 3.01. The van der Waals surface area contributed by atoms with Crippen molar-refractivity contribution in [3.8, 4) is 0 Å². The highest BCUT2D eigenvalue weighted by molar-refractivity contribution is 8.45. The number of piperidine rings is 1. The second-order valence-corrected chi connectivity index (χ2v) is 12.5. The van der Waals surface area contributed by atoms with Crippen LogP contribution in [0.2, 0.25) is 0 Å². The maximum atomic E-state index is 12.9. The van der Waals surface area contributed by atoms with Crippen molar-refractivity contribution in [2.75, 3.05) is 36.2 Å². The molecule has 0 amide bonds. The maximum Gasteiger partial charge on any atom is 0.313 e. The van der Waals surface area contributed by atoms with Gasteiger partial charge in [-0.2, -0.15) is 4.98 Å². The molecule has 1 atom stereocenters. The molecule has 1 saturated carbocycles. The summed E-state index contributed by atoms with van der Waals surface area (Å²) in [7, 11) is -11.2. The summed E-state index contributed by atoms with van der Waals surface area (Å²) in [6.07, 6.45) is 6.73. The van der Waals surface area contributed by atoms with Crippen molar-refractivity contribution in [3.63, 3.8) is 0 Å². The maximum absolute atomic E-state index is 12.9. The van der Waals surface area contributed by atoms with Gasteiger partial charge in [0.25, 0.3) is 0 Å². The minimum atomic E-state index is -9.80. The average molecular weight is 529 g/mol. The highest BCUT2D eigenvalue weighted by atomic mass is 32.5. The summed E-state index contributed by atoms with van der Waals surface area (Å²) >= 11 is 0. The Morgan fingerprint density at radius 1 is 1.12 bits per heavy atom. The Hall–Kier alpha value is -2.13. The first-order chi connectivity index (χ1) is 15.7. The van der Waals surface area contributed by atoms with Crippen LogP contribution in [0.1, 0.15) is 43.8 Å². The fourth-order valence-corrected chi connectivity index (χ4v) is 5.14. The molecule has 15 heteroatoms. The van der Waals surface area contributed by atoms with Crippen LogP contribution < -0.4 is 10.2 Å². The van der Waals surface area contributed by atoms with E-state index in [9.17, 15) is 28.7 Å². The molecule has 1 aliphatic heterocycles. The number of aromatic nitrogens is 4. The van der Waals surface area contributed by atoms with E-state index in [0.29, 0.717) is 42.6 Å². The number of rotatable bonds is 7. The zero-order valence-electron chi connectivity index (χ0n) is 18.3. The minimum Gasteiger partial charge on any atom is -0.394 e. The summed E-state index contributed by atoms with van der Waals surface area (Å²) in [5.41, 5.74) is -0.495. The van der Waals surface area contributed by atoms with Gasteiger partial charge in [-0.1, -0.05) is 19.4 Å². The molecule has 2 fully saturated rings. The second-order valence-electron chi connectivity index (χ2n) is 8.76. The van der Waals surface area contributed by atoms with E-state index in [4.69, 9.17) is 0 Å². The smallest absolute Gasteiger partial charge is 0.313 e. The molecule has 3 heterocycles. The van der Waals surface area contributed by atoms with Crippen LogP contribution in [0.15, 0.2) is 28.4 Å². The van der Waals surface area contributed by atoms with Crippen LogP contribution in [0.4, 0.5) is 31.2 Å². The number of aliphatic hydroxyl groups excluding tert-OH is 1. The van der Waals surface area contributed by atoms with Crippen LogP contribution >= 0.6 is 10.2 Å². The third-order valence-electron chi connectivity index (χ3n) is 6.29. The summed E-state index contributed by atoms with van der Waals surface area (Å²) in [5.74, 6) is 0.577. The summed E-state index contributed by atoms with van der Waals surface area (Å²) < 4.78 is 76.6. The normalized spacial score (nSPS) is 21.8. The first-order valence-electron chi connectivity index (χ1n) is 10.6. The van der Waals surface area contributed by atoms with Gasteiger partial charge in [-0.05, 0) is 32.1 Å². The Kier molecular flexibility index (Phi) is 5.84. The summed E-state index contributed by atoms with van der Waals surface area (Å²) in [6.45, 7) is 0.807. The molecule has 34 heavy (non-hydrogen) atoms. The Morgan fingerprint density at radius 3 is 2.21 bits per heavy atom. The van der Waals surface area contributed by atoms with E-state index in [-0.39, 0.29) is 30.7 Å². The quantitative estimate of drug-likeness (QED) is 0.511. The molecule has 1 unspecified atom stereocenters. The van der Waals surface area contributed by atoms with Gasteiger partial charge in [0, 0.05) is 25.3 Å². The van der Waals surface area contributed by atoms with Gasteiger partial charge in [0.1, 0.15) is 16.5 Å².